The Kier molecular flexibility index (Phi) is 4.40. The molecule has 6 heavy (non-hydrogen) atoms. The van der Waals surface area contributed by atoms with Crippen molar-refractivity contribution in [3.05, 3.63) is 0 Å². The first kappa shape index (κ1) is 9.77. The Hall–Kier alpha value is 0.580. The molecular weight excluding hydrogens is 192 g/mol. The van der Waals surface area contributed by atoms with Gasteiger partial charge in [-0.1, -0.05) is 3.89 Å². The summed E-state index contributed by atoms with van der Waals surface area (Å²) in [7, 11) is -5.17. The molecule has 0 aromatic heterocycles. The molecule has 37 valence electrons. The summed E-state index contributed by atoms with van der Waals surface area (Å²) in [4.78, 5) is 0. The van der Waals surface area contributed by atoms with Crippen molar-refractivity contribution in [3.8, 4) is 0 Å². The molecule has 0 aliphatic rings. The van der Waals surface area contributed by atoms with Crippen LogP contribution in [0.2, 0.25) is 0 Å². The smallest absolute Gasteiger partial charge is 0.260 e. The maximum absolute atomic E-state index is 10.2. The van der Waals surface area contributed by atoms with E-state index in [1.165, 1.54) is 0 Å². The van der Waals surface area contributed by atoms with Gasteiger partial charge in [-0.3, -0.25) is 4.55 Å². The normalized spacial score (nSPS) is 9.67. The molecule has 6 heteroatoms. The molecule has 0 saturated carbocycles. The SMILES string of the molecule is O=S(=O)(O)F.[Nb]. The molecule has 0 aliphatic carbocycles. The van der Waals surface area contributed by atoms with Gasteiger partial charge >= 0.3 is 10.5 Å². The van der Waals surface area contributed by atoms with Crippen molar-refractivity contribution in [1.29, 1.82) is 0 Å². The zero-order chi connectivity index (χ0) is 4.50. The zero-order valence-electron chi connectivity index (χ0n) is 2.50. The molecule has 0 spiro atoms. The second-order valence-corrected chi connectivity index (χ2v) is 1.24. The van der Waals surface area contributed by atoms with E-state index in [0.29, 0.717) is 0 Å². The van der Waals surface area contributed by atoms with Crippen LogP contribution in [0, 0.1) is 0 Å². The maximum atomic E-state index is 10.2. The van der Waals surface area contributed by atoms with Gasteiger partial charge in [0.15, 0.2) is 0 Å². The largest absolute Gasteiger partial charge is 0.435 e. The molecule has 0 aromatic rings. The molecule has 1 N–H and O–H groups in total. The van der Waals surface area contributed by atoms with E-state index in [1.54, 1.807) is 0 Å². The van der Waals surface area contributed by atoms with E-state index >= 15 is 0 Å². The van der Waals surface area contributed by atoms with Gasteiger partial charge in [0, 0.05) is 22.4 Å². The van der Waals surface area contributed by atoms with Gasteiger partial charge in [-0.25, -0.2) is 0 Å². The van der Waals surface area contributed by atoms with E-state index < -0.39 is 10.5 Å². The summed E-state index contributed by atoms with van der Waals surface area (Å²) in [5.41, 5.74) is 0. The summed E-state index contributed by atoms with van der Waals surface area (Å²) < 4.78 is 34.1. The fraction of sp³-hybridized carbons (Fsp3) is 0. The van der Waals surface area contributed by atoms with Gasteiger partial charge in [0.05, 0.1) is 0 Å². The predicted molar refractivity (Wildman–Crippen MR) is 12.7 cm³/mol. The van der Waals surface area contributed by atoms with Gasteiger partial charge in [-0.15, -0.1) is 0 Å². The molecular formula is HFNbO3S. The minimum atomic E-state index is -5.17. The molecule has 3 nitrogen and oxygen atoms in total. The van der Waals surface area contributed by atoms with Crippen LogP contribution >= 0.6 is 0 Å². The van der Waals surface area contributed by atoms with E-state index in [0.717, 1.165) is 0 Å². The number of hydrogen-bond acceptors (Lipinski definition) is 2. The summed E-state index contributed by atoms with van der Waals surface area (Å²) >= 11 is 0. The van der Waals surface area contributed by atoms with Gasteiger partial charge in [-0.05, 0) is 0 Å². The van der Waals surface area contributed by atoms with Crippen molar-refractivity contribution in [2.45, 2.75) is 0 Å². The van der Waals surface area contributed by atoms with E-state index in [1.807, 2.05) is 0 Å². The van der Waals surface area contributed by atoms with Crippen molar-refractivity contribution in [2.75, 3.05) is 0 Å². The van der Waals surface area contributed by atoms with Crippen LogP contribution in [0.5, 0.6) is 0 Å². The molecule has 0 saturated heterocycles. The summed E-state index contributed by atoms with van der Waals surface area (Å²) in [6.45, 7) is 0. The third-order valence-corrected chi connectivity index (χ3v) is 0. The summed E-state index contributed by atoms with van der Waals surface area (Å²) in [6.07, 6.45) is 0. The van der Waals surface area contributed by atoms with Gasteiger partial charge in [0.2, 0.25) is 0 Å². The van der Waals surface area contributed by atoms with Crippen LogP contribution in [0.1, 0.15) is 0 Å². The molecule has 0 aliphatic heterocycles. The third-order valence-electron chi connectivity index (χ3n) is 0. The van der Waals surface area contributed by atoms with E-state index in [-0.39, 0.29) is 22.4 Å². The minimum absolute atomic E-state index is 0. The van der Waals surface area contributed by atoms with Gasteiger partial charge in [0.1, 0.15) is 0 Å². The Labute approximate surface area is 50.1 Å². The van der Waals surface area contributed by atoms with E-state index in [9.17, 15) is 3.89 Å². The first-order valence-electron chi connectivity index (χ1n) is 0.670. The molecule has 0 fully saturated rings. The third kappa shape index (κ3) is 174. The Morgan fingerprint density at radius 3 is 1.50 bits per heavy atom. The fourth-order valence-electron chi connectivity index (χ4n) is 0. The first-order valence-corrected chi connectivity index (χ1v) is 2.01. The topological polar surface area (TPSA) is 54.4 Å². The fourth-order valence-corrected chi connectivity index (χ4v) is 0. The van der Waals surface area contributed by atoms with Gasteiger partial charge < -0.3 is 0 Å². The number of hydrogen-bond donors (Lipinski definition) is 1. The minimum Gasteiger partial charge on any atom is -0.260 e. The molecule has 0 unspecified atom stereocenters. The van der Waals surface area contributed by atoms with Crippen LogP contribution < -0.4 is 0 Å². The van der Waals surface area contributed by atoms with Crippen LogP contribution in [-0.4, -0.2) is 13.0 Å². The Bertz CT molecular complexity index is 94.0. The van der Waals surface area contributed by atoms with Crippen LogP contribution in [-0.2, 0) is 32.9 Å². The van der Waals surface area contributed by atoms with Crippen LogP contribution in [0.15, 0.2) is 0 Å². The van der Waals surface area contributed by atoms with Crippen LogP contribution in [0.4, 0.5) is 3.89 Å². The molecule has 0 heterocycles. The van der Waals surface area contributed by atoms with Crippen LogP contribution in [0.25, 0.3) is 0 Å². The monoisotopic (exact) mass is 193 g/mol. The van der Waals surface area contributed by atoms with Crippen molar-refractivity contribution in [1.82, 2.24) is 0 Å². The molecule has 0 atom stereocenters. The second-order valence-electron chi connectivity index (χ2n) is 0.412. The van der Waals surface area contributed by atoms with Crippen molar-refractivity contribution < 1.29 is 39.2 Å². The van der Waals surface area contributed by atoms with Crippen molar-refractivity contribution in [3.63, 3.8) is 0 Å². The van der Waals surface area contributed by atoms with Crippen molar-refractivity contribution in [2.24, 2.45) is 0 Å². The predicted octanol–water partition coefficient (Wildman–Crippen LogP) is -0.244. The number of rotatable bonds is 0. The van der Waals surface area contributed by atoms with Crippen LogP contribution in [0.3, 0.4) is 0 Å². The maximum Gasteiger partial charge on any atom is 0.435 e. The standard InChI is InChI=1S/FHO3S.Nb/c1-5(2,3)4;/h(H,2,3,4);. The molecule has 1 radical (unpaired) electrons. The second kappa shape index (κ2) is 2.70. The molecule has 0 bridgehead atoms. The van der Waals surface area contributed by atoms with Gasteiger partial charge in [0.25, 0.3) is 0 Å². The molecule has 0 amide bonds. The average molecular weight is 193 g/mol. The Balaban J connectivity index is 0. The Morgan fingerprint density at radius 1 is 1.50 bits per heavy atom. The number of halogens is 1. The molecule has 0 rings (SSSR count). The quantitative estimate of drug-likeness (QED) is 0.328. The van der Waals surface area contributed by atoms with Gasteiger partial charge in [-0.2, -0.15) is 8.42 Å². The first-order chi connectivity index (χ1) is 2.00. The van der Waals surface area contributed by atoms with E-state index in [4.69, 9.17) is 13.0 Å². The average Bonchev–Trinajstić information content (AvgIpc) is 0.722. The Morgan fingerprint density at radius 2 is 1.50 bits per heavy atom. The summed E-state index contributed by atoms with van der Waals surface area (Å²) in [5, 5.41) is 0. The summed E-state index contributed by atoms with van der Waals surface area (Å²) in [5.74, 6) is 0. The summed E-state index contributed by atoms with van der Waals surface area (Å²) in [6, 6.07) is 0. The van der Waals surface area contributed by atoms with E-state index in [2.05, 4.69) is 0 Å². The van der Waals surface area contributed by atoms with Crippen molar-refractivity contribution >= 4 is 10.5 Å². The molecule has 0 aromatic carbocycles. The zero-order valence-corrected chi connectivity index (χ0v) is 5.51.